The highest BCUT2D eigenvalue weighted by molar-refractivity contribution is 7.89. The average Bonchev–Trinajstić information content (AvgIpc) is 3.30. The van der Waals surface area contributed by atoms with Crippen LogP contribution in [0.4, 0.5) is 0 Å². The van der Waals surface area contributed by atoms with Crippen molar-refractivity contribution < 1.29 is 13.2 Å². The second-order valence-electron chi connectivity index (χ2n) is 7.88. The lowest BCUT2D eigenvalue weighted by Gasteiger charge is -2.21. The lowest BCUT2D eigenvalue weighted by atomic mass is 10.1. The highest BCUT2D eigenvalue weighted by atomic mass is 35.5. The maximum atomic E-state index is 12.9. The molecule has 0 bridgehead atoms. The molecule has 1 aliphatic heterocycles. The second kappa shape index (κ2) is 11.8. The van der Waals surface area contributed by atoms with E-state index in [1.54, 1.807) is 37.1 Å². The van der Waals surface area contributed by atoms with Gasteiger partial charge in [0.15, 0.2) is 0 Å². The number of nitrogens with zero attached hydrogens (tertiary/aromatic N) is 3. The fourth-order valence-electron chi connectivity index (χ4n) is 3.51. The number of nitrogens with one attached hydrogen (secondary N) is 1. The number of hydrogen-bond acceptors (Lipinski definition) is 5. The molecule has 0 saturated heterocycles. The molecule has 0 aliphatic carbocycles. The fraction of sp³-hybridized carbons (Fsp3) is 0.391. The Morgan fingerprint density at radius 3 is 2.42 bits per heavy atom. The Morgan fingerprint density at radius 2 is 1.82 bits per heavy atom. The van der Waals surface area contributed by atoms with Crippen LogP contribution in [0.25, 0.3) is 0 Å². The van der Waals surface area contributed by atoms with Crippen LogP contribution < -0.4 is 5.32 Å². The van der Waals surface area contributed by atoms with Gasteiger partial charge in [0, 0.05) is 45.7 Å². The molecule has 2 aromatic carbocycles. The smallest absolute Gasteiger partial charge is 0.244 e. The third-order valence-corrected chi connectivity index (χ3v) is 8.02. The van der Waals surface area contributed by atoms with Gasteiger partial charge in [-0.05, 0) is 30.5 Å². The SMILES string of the molecule is Cc1cccc(Cl)c1S(=O)(=O)N(C)CCC(=O)N(C)CCc1ccc(C2=NCCN2)cc1.Cl. The van der Waals surface area contributed by atoms with E-state index in [4.69, 9.17) is 11.6 Å². The van der Waals surface area contributed by atoms with E-state index in [9.17, 15) is 13.2 Å². The van der Waals surface area contributed by atoms with Crippen LogP contribution in [0.5, 0.6) is 0 Å². The van der Waals surface area contributed by atoms with Gasteiger partial charge in [-0.1, -0.05) is 48.0 Å². The van der Waals surface area contributed by atoms with Gasteiger partial charge in [0.2, 0.25) is 15.9 Å². The highest BCUT2D eigenvalue weighted by Crippen LogP contribution is 2.27. The Bertz CT molecular complexity index is 1080. The Kier molecular flexibility index (Phi) is 9.72. The summed E-state index contributed by atoms with van der Waals surface area (Å²) in [6, 6.07) is 13.1. The number of sulfonamides is 1. The highest BCUT2D eigenvalue weighted by Gasteiger charge is 2.26. The third-order valence-electron chi connectivity index (χ3n) is 5.54. The van der Waals surface area contributed by atoms with Crippen molar-refractivity contribution in [3.8, 4) is 0 Å². The summed E-state index contributed by atoms with van der Waals surface area (Å²) in [7, 11) is -0.567. The Labute approximate surface area is 207 Å². The number of hydrogen-bond donors (Lipinski definition) is 1. The fourth-order valence-corrected chi connectivity index (χ4v) is 5.45. The molecule has 0 atom stereocenters. The molecule has 33 heavy (non-hydrogen) atoms. The first-order valence-corrected chi connectivity index (χ1v) is 12.3. The normalized spacial score (nSPS) is 13.3. The van der Waals surface area contributed by atoms with Crippen LogP contribution in [0, 0.1) is 6.92 Å². The first-order valence-electron chi connectivity index (χ1n) is 10.5. The predicted octanol–water partition coefficient (Wildman–Crippen LogP) is 3.13. The summed E-state index contributed by atoms with van der Waals surface area (Å²) in [5, 5.41) is 3.43. The molecule has 0 saturated carbocycles. The summed E-state index contributed by atoms with van der Waals surface area (Å²) in [4.78, 5) is 18.7. The molecule has 3 rings (SSSR count). The quantitative estimate of drug-likeness (QED) is 0.559. The Morgan fingerprint density at radius 1 is 1.12 bits per heavy atom. The molecule has 1 amide bonds. The summed E-state index contributed by atoms with van der Waals surface area (Å²) in [5.74, 6) is 0.818. The van der Waals surface area contributed by atoms with Crippen molar-refractivity contribution in [3.63, 3.8) is 0 Å². The van der Waals surface area contributed by atoms with Gasteiger partial charge in [0.25, 0.3) is 0 Å². The van der Waals surface area contributed by atoms with Crippen LogP contribution in [-0.4, -0.2) is 69.6 Å². The monoisotopic (exact) mass is 512 g/mol. The largest absolute Gasteiger partial charge is 0.368 e. The number of aliphatic imine (C=N–C) groups is 1. The summed E-state index contributed by atoms with van der Waals surface area (Å²) >= 11 is 6.13. The van der Waals surface area contributed by atoms with Gasteiger partial charge in [0.05, 0.1) is 11.6 Å². The lowest BCUT2D eigenvalue weighted by Crippen LogP contribution is -2.34. The van der Waals surface area contributed by atoms with E-state index in [2.05, 4.69) is 10.3 Å². The maximum absolute atomic E-state index is 12.9. The number of carbonyl (C=O) groups excluding carboxylic acids is 1. The van der Waals surface area contributed by atoms with Crippen LogP contribution in [0.3, 0.4) is 0 Å². The summed E-state index contributed by atoms with van der Waals surface area (Å²) in [5.41, 5.74) is 2.77. The minimum absolute atomic E-state index is 0. The van der Waals surface area contributed by atoms with Gasteiger partial charge >= 0.3 is 0 Å². The van der Waals surface area contributed by atoms with Crippen LogP contribution >= 0.6 is 24.0 Å². The molecule has 0 unspecified atom stereocenters. The number of likely N-dealkylation sites (N-methyl/N-ethyl adjacent to an activating group) is 1. The van der Waals surface area contributed by atoms with Gasteiger partial charge in [0.1, 0.15) is 10.7 Å². The molecule has 180 valence electrons. The molecule has 10 heteroatoms. The minimum atomic E-state index is -3.77. The van der Waals surface area contributed by atoms with E-state index in [1.165, 1.54) is 11.4 Å². The van der Waals surface area contributed by atoms with Gasteiger partial charge in [-0.15, -0.1) is 12.4 Å². The van der Waals surface area contributed by atoms with E-state index < -0.39 is 10.0 Å². The molecule has 1 aliphatic rings. The van der Waals surface area contributed by atoms with Crippen molar-refractivity contribution in [3.05, 3.63) is 64.2 Å². The number of rotatable bonds is 9. The van der Waals surface area contributed by atoms with Crippen LogP contribution in [0.2, 0.25) is 5.02 Å². The van der Waals surface area contributed by atoms with Crippen molar-refractivity contribution in [2.24, 2.45) is 4.99 Å². The van der Waals surface area contributed by atoms with E-state index in [0.717, 1.165) is 36.5 Å². The van der Waals surface area contributed by atoms with Crippen molar-refractivity contribution in [1.82, 2.24) is 14.5 Å². The molecule has 0 aromatic heterocycles. The number of halogens is 2. The van der Waals surface area contributed by atoms with Crippen LogP contribution in [0.1, 0.15) is 23.1 Å². The van der Waals surface area contributed by atoms with E-state index >= 15 is 0 Å². The topological polar surface area (TPSA) is 82.1 Å². The van der Waals surface area contributed by atoms with Gasteiger partial charge < -0.3 is 10.2 Å². The molecule has 1 heterocycles. The van der Waals surface area contributed by atoms with E-state index in [-0.39, 0.29) is 41.2 Å². The summed E-state index contributed by atoms with van der Waals surface area (Å²) in [6.45, 7) is 4.02. The van der Waals surface area contributed by atoms with Crippen molar-refractivity contribution in [1.29, 1.82) is 0 Å². The summed E-state index contributed by atoms with van der Waals surface area (Å²) in [6.07, 6.45) is 0.815. The zero-order valence-electron chi connectivity index (χ0n) is 19.0. The van der Waals surface area contributed by atoms with Crippen LogP contribution in [0.15, 0.2) is 52.4 Å². The lowest BCUT2D eigenvalue weighted by molar-refractivity contribution is -0.129. The first kappa shape index (κ1) is 27.1. The number of carbonyl (C=O) groups is 1. The molecule has 2 aromatic rings. The number of aryl methyl sites for hydroxylation is 1. The van der Waals surface area contributed by atoms with Crippen molar-refractivity contribution in [2.75, 3.05) is 40.3 Å². The average molecular weight is 513 g/mol. The van der Waals surface area contributed by atoms with Crippen molar-refractivity contribution >= 4 is 45.8 Å². The Balaban J connectivity index is 0.00000385. The third kappa shape index (κ3) is 6.69. The molecular weight excluding hydrogens is 483 g/mol. The molecular formula is C23H30Cl2N4O3S. The number of benzene rings is 2. The molecule has 0 fully saturated rings. The van der Waals surface area contributed by atoms with E-state index in [1.807, 2.05) is 24.3 Å². The van der Waals surface area contributed by atoms with Crippen molar-refractivity contribution in [2.45, 2.75) is 24.7 Å². The zero-order valence-corrected chi connectivity index (χ0v) is 21.4. The standard InChI is InChI=1S/C23H29ClN4O3S.ClH/c1-17-5-4-6-20(24)22(17)32(30,31)28(3)16-12-21(29)27(2)15-11-18-7-9-19(10-8-18)23-25-13-14-26-23;/h4-10H,11-16H2,1-3H3,(H,25,26);1H. The number of amides is 1. The van der Waals surface area contributed by atoms with Gasteiger partial charge in [-0.3, -0.25) is 9.79 Å². The molecule has 1 N–H and O–H groups in total. The molecule has 7 nitrogen and oxygen atoms in total. The Hall–Kier alpha value is -2.13. The van der Waals surface area contributed by atoms with Gasteiger partial charge in [-0.2, -0.15) is 0 Å². The summed E-state index contributed by atoms with van der Waals surface area (Å²) < 4.78 is 27.0. The number of amidine groups is 1. The van der Waals surface area contributed by atoms with Crippen LogP contribution in [-0.2, 0) is 21.2 Å². The second-order valence-corrected chi connectivity index (χ2v) is 10.3. The van der Waals surface area contributed by atoms with E-state index in [0.29, 0.717) is 12.1 Å². The minimum Gasteiger partial charge on any atom is -0.368 e. The maximum Gasteiger partial charge on any atom is 0.244 e. The zero-order chi connectivity index (χ0) is 23.3. The van der Waals surface area contributed by atoms with Gasteiger partial charge in [-0.25, -0.2) is 12.7 Å². The molecule has 0 radical (unpaired) electrons. The molecule has 0 spiro atoms. The first-order chi connectivity index (χ1) is 15.2. The predicted molar refractivity (Wildman–Crippen MR) is 135 cm³/mol.